The van der Waals surface area contributed by atoms with Crippen LogP contribution in [0.5, 0.6) is 5.75 Å². The maximum absolute atomic E-state index is 14.6. The van der Waals surface area contributed by atoms with Crippen LogP contribution in [0.3, 0.4) is 0 Å². The van der Waals surface area contributed by atoms with Gasteiger partial charge in [-0.15, -0.1) is 0 Å². The number of aryl methyl sites for hydroxylation is 2. The highest BCUT2D eigenvalue weighted by Crippen LogP contribution is 2.34. The van der Waals surface area contributed by atoms with Crippen LogP contribution in [0.2, 0.25) is 0 Å². The van der Waals surface area contributed by atoms with Crippen molar-refractivity contribution in [3.05, 3.63) is 156 Å². The fourth-order valence-corrected chi connectivity index (χ4v) is 5.36. The first-order valence-electron chi connectivity index (χ1n) is 14.2. The Balaban J connectivity index is 1.69. The van der Waals surface area contributed by atoms with Crippen LogP contribution in [0.4, 0.5) is 0 Å². The summed E-state index contributed by atoms with van der Waals surface area (Å²) in [5.74, 6) is -2.35. The molecule has 4 aromatic carbocycles. The van der Waals surface area contributed by atoms with Crippen LogP contribution in [0.1, 0.15) is 37.4 Å². The summed E-state index contributed by atoms with van der Waals surface area (Å²) in [6, 6.07) is 25.6. The molecule has 7 aromatic rings. The van der Waals surface area contributed by atoms with E-state index in [1.165, 1.54) is 24.3 Å². The van der Waals surface area contributed by atoms with Gasteiger partial charge in [0, 0.05) is 5.56 Å². The van der Waals surface area contributed by atoms with Crippen LogP contribution in [0, 0.1) is 13.8 Å². The molecule has 0 saturated carbocycles. The number of rotatable bonds is 5. The van der Waals surface area contributed by atoms with E-state index in [9.17, 15) is 24.0 Å². The fraction of sp³-hybridized carbons (Fsp3) is 0.0556. The van der Waals surface area contributed by atoms with E-state index in [2.05, 4.69) is 4.98 Å². The number of nitrogens with zero attached hydrogens (tertiary/aromatic N) is 2. The summed E-state index contributed by atoms with van der Waals surface area (Å²) >= 11 is 0. The lowest BCUT2D eigenvalue weighted by Gasteiger charge is -2.17. The summed E-state index contributed by atoms with van der Waals surface area (Å²) in [7, 11) is 0. The fourth-order valence-electron chi connectivity index (χ4n) is 5.36. The van der Waals surface area contributed by atoms with Crippen molar-refractivity contribution in [3.63, 3.8) is 0 Å². The molecule has 0 unspecified atom stereocenters. The molecule has 7 rings (SSSR count). The van der Waals surface area contributed by atoms with E-state index in [0.717, 1.165) is 15.5 Å². The van der Waals surface area contributed by atoms with Crippen LogP contribution in [-0.2, 0) is 0 Å². The lowest BCUT2D eigenvalue weighted by Crippen LogP contribution is -2.29. The second-order valence-electron chi connectivity index (χ2n) is 10.7. The Kier molecular flexibility index (Phi) is 6.74. The van der Waals surface area contributed by atoms with Gasteiger partial charge >= 0.3 is 17.2 Å². The van der Waals surface area contributed by atoms with Gasteiger partial charge in [0.05, 0.1) is 16.6 Å². The number of pyridine rings is 1. The molecule has 3 heterocycles. The van der Waals surface area contributed by atoms with Crippen molar-refractivity contribution >= 4 is 39.5 Å². The highest BCUT2D eigenvalue weighted by Gasteiger charge is 2.33. The Morgan fingerprint density at radius 1 is 0.717 bits per heavy atom. The van der Waals surface area contributed by atoms with Crippen LogP contribution >= 0.6 is 0 Å². The Morgan fingerprint density at radius 2 is 1.33 bits per heavy atom. The minimum absolute atomic E-state index is 0.0617. The number of carbonyl (C=O) groups excluding carboxylic acids is 2. The van der Waals surface area contributed by atoms with Gasteiger partial charge in [0.25, 0.3) is 5.56 Å². The molecular formula is C36H22N2O8. The molecular weight excluding hydrogens is 588 g/mol. The molecule has 224 valence electrons. The minimum atomic E-state index is -1.04. The van der Waals surface area contributed by atoms with Gasteiger partial charge in [0.1, 0.15) is 11.1 Å². The average molecular weight is 611 g/mol. The van der Waals surface area contributed by atoms with Crippen LogP contribution in [0.15, 0.2) is 120 Å². The minimum Gasteiger partial charge on any atom is -0.421 e. The zero-order valence-electron chi connectivity index (χ0n) is 24.4. The van der Waals surface area contributed by atoms with Gasteiger partial charge in [-0.25, -0.2) is 19.4 Å². The molecule has 0 aliphatic carbocycles. The van der Waals surface area contributed by atoms with Gasteiger partial charge < -0.3 is 13.6 Å². The van der Waals surface area contributed by atoms with E-state index in [-0.39, 0.29) is 33.3 Å². The monoisotopic (exact) mass is 610 g/mol. The predicted octanol–water partition coefficient (Wildman–Crippen LogP) is 5.64. The molecule has 0 aliphatic heterocycles. The summed E-state index contributed by atoms with van der Waals surface area (Å²) in [6.45, 7) is 3.59. The molecule has 0 N–H and O–H groups in total. The Hall–Kier alpha value is -6.42. The van der Waals surface area contributed by atoms with E-state index in [4.69, 9.17) is 13.6 Å². The number of esters is 1. The first kappa shape index (κ1) is 28.4. The Morgan fingerprint density at radius 3 is 2.02 bits per heavy atom. The zero-order chi connectivity index (χ0) is 32.1. The average Bonchev–Trinajstić information content (AvgIpc) is 3.05. The number of ketones is 1. The normalized spacial score (nSPS) is 11.3. The predicted molar refractivity (Wildman–Crippen MR) is 170 cm³/mol. The number of hydrogen-bond donors (Lipinski definition) is 0. The zero-order valence-corrected chi connectivity index (χ0v) is 24.4. The van der Waals surface area contributed by atoms with Crippen molar-refractivity contribution in [2.45, 2.75) is 13.8 Å². The molecule has 0 atom stereocenters. The topological polar surface area (TPSA) is 138 Å². The summed E-state index contributed by atoms with van der Waals surface area (Å²) in [5.41, 5.74) is -2.67. The van der Waals surface area contributed by atoms with Crippen molar-refractivity contribution < 1.29 is 23.2 Å². The molecule has 0 spiro atoms. The molecule has 46 heavy (non-hydrogen) atoms. The summed E-state index contributed by atoms with van der Waals surface area (Å²) in [4.78, 5) is 74.3. The molecule has 0 radical (unpaired) electrons. The first-order valence-corrected chi connectivity index (χ1v) is 14.2. The van der Waals surface area contributed by atoms with Gasteiger partial charge in [-0.2, -0.15) is 0 Å². The number of benzene rings is 4. The molecule has 3 aromatic heterocycles. The van der Waals surface area contributed by atoms with E-state index >= 15 is 0 Å². The van der Waals surface area contributed by atoms with Crippen molar-refractivity contribution in [2.24, 2.45) is 0 Å². The quantitative estimate of drug-likeness (QED) is 0.138. The SMILES string of the molecule is Cc1ccc2nc(-c3c(OC(=O)c4ccccc4)c(C(=O)c4ccccc4)c4c(=O)oc5cc(C)ccc5n4c3=O)c(=O)oc2c1. The van der Waals surface area contributed by atoms with Gasteiger partial charge in [-0.1, -0.05) is 60.7 Å². The third-order valence-electron chi connectivity index (χ3n) is 7.53. The van der Waals surface area contributed by atoms with E-state index in [1.54, 1.807) is 79.7 Å². The van der Waals surface area contributed by atoms with Gasteiger partial charge in [-0.05, 0) is 61.4 Å². The van der Waals surface area contributed by atoms with E-state index < -0.39 is 56.7 Å². The third kappa shape index (κ3) is 4.69. The van der Waals surface area contributed by atoms with Crippen molar-refractivity contribution in [3.8, 4) is 17.0 Å². The van der Waals surface area contributed by atoms with Gasteiger partial charge in [0.15, 0.2) is 33.9 Å². The maximum Gasteiger partial charge on any atom is 0.363 e. The summed E-state index contributed by atoms with van der Waals surface area (Å²) in [6.07, 6.45) is 0. The largest absolute Gasteiger partial charge is 0.421 e. The summed E-state index contributed by atoms with van der Waals surface area (Å²) < 4.78 is 18.0. The molecule has 0 amide bonds. The van der Waals surface area contributed by atoms with Gasteiger partial charge in [-0.3, -0.25) is 14.0 Å². The molecule has 10 nitrogen and oxygen atoms in total. The second-order valence-corrected chi connectivity index (χ2v) is 10.7. The van der Waals surface area contributed by atoms with Crippen LogP contribution in [0.25, 0.3) is 39.0 Å². The standard InChI is InChI=1S/C36H22N2O8/c1-19-13-15-23-25(17-19)44-35(42)29(37-23)27-32(46-34(41)22-11-7-4-8-12-22)28(31(39)21-9-5-3-6-10-21)30-36(43)45-26-18-20(2)14-16-24(26)38(30)33(27)40/h3-18H,1-2H3. The van der Waals surface area contributed by atoms with Gasteiger partial charge in [0.2, 0.25) is 0 Å². The number of hydrogen-bond acceptors (Lipinski definition) is 9. The Bertz CT molecular complexity index is 2570. The summed E-state index contributed by atoms with van der Waals surface area (Å²) in [5, 5.41) is 0. The number of fused-ring (bicyclic) bond motifs is 4. The molecule has 0 fully saturated rings. The third-order valence-corrected chi connectivity index (χ3v) is 7.53. The number of aromatic nitrogens is 2. The highest BCUT2D eigenvalue weighted by atomic mass is 16.5. The lowest BCUT2D eigenvalue weighted by atomic mass is 9.98. The molecule has 0 bridgehead atoms. The van der Waals surface area contributed by atoms with Crippen LogP contribution in [-0.4, -0.2) is 21.1 Å². The number of ether oxygens (including phenoxy) is 1. The second kappa shape index (κ2) is 10.9. The number of carbonyl (C=O) groups is 2. The lowest BCUT2D eigenvalue weighted by molar-refractivity contribution is 0.0733. The smallest absolute Gasteiger partial charge is 0.363 e. The molecule has 0 saturated heterocycles. The van der Waals surface area contributed by atoms with Crippen molar-refractivity contribution in [2.75, 3.05) is 0 Å². The van der Waals surface area contributed by atoms with E-state index in [0.29, 0.717) is 0 Å². The van der Waals surface area contributed by atoms with Crippen LogP contribution < -0.4 is 21.5 Å². The van der Waals surface area contributed by atoms with Crippen molar-refractivity contribution in [1.29, 1.82) is 0 Å². The molecule has 0 aliphatic rings. The maximum atomic E-state index is 14.6. The Labute approximate surface area is 258 Å². The molecule has 10 heteroatoms. The highest BCUT2D eigenvalue weighted by molar-refractivity contribution is 6.16. The first-order chi connectivity index (χ1) is 22.2. The van der Waals surface area contributed by atoms with Crippen molar-refractivity contribution in [1.82, 2.24) is 9.38 Å². The van der Waals surface area contributed by atoms with E-state index in [1.807, 2.05) is 6.92 Å².